The van der Waals surface area contributed by atoms with Gasteiger partial charge in [0.25, 0.3) is 0 Å². The maximum absolute atomic E-state index is 4.61. The molecule has 0 aliphatic heterocycles. The molecule has 0 aliphatic rings. The van der Waals surface area contributed by atoms with Gasteiger partial charge in [-0.2, -0.15) is 10.1 Å². The second-order valence-corrected chi connectivity index (χ2v) is 7.24. The van der Waals surface area contributed by atoms with E-state index in [0.717, 1.165) is 38.8 Å². The largest absolute Gasteiger partial charge is 0.405 e. The minimum absolute atomic E-state index is 0.280. The Morgan fingerprint density at radius 3 is 2.74 bits per heavy atom. The molecule has 0 saturated heterocycles. The number of rotatable bonds is 4. The van der Waals surface area contributed by atoms with Crippen molar-refractivity contribution < 1.29 is 0 Å². The van der Waals surface area contributed by atoms with Gasteiger partial charge < -0.3 is 16.0 Å². The van der Waals surface area contributed by atoms with Gasteiger partial charge in [0.1, 0.15) is 5.65 Å². The van der Waals surface area contributed by atoms with Gasteiger partial charge in [0, 0.05) is 59.1 Å². The van der Waals surface area contributed by atoms with Gasteiger partial charge in [-0.15, -0.1) is 0 Å². The molecule has 31 heavy (non-hydrogen) atoms. The van der Waals surface area contributed by atoms with Gasteiger partial charge in [-0.3, -0.25) is 4.98 Å². The van der Waals surface area contributed by atoms with Gasteiger partial charge in [0.15, 0.2) is 0 Å². The van der Waals surface area contributed by atoms with Crippen molar-refractivity contribution in [1.29, 1.82) is 0 Å². The van der Waals surface area contributed by atoms with Crippen molar-refractivity contribution in [3.8, 4) is 22.3 Å². The molecule has 0 amide bonds. The molecule has 0 radical (unpaired) electrons. The van der Waals surface area contributed by atoms with Crippen LogP contribution < -0.4 is 11.1 Å². The Bertz CT molecular complexity index is 1320. The topological polar surface area (TPSA) is 110 Å². The molecule has 4 N–H and O–H groups in total. The monoisotopic (exact) mass is 412 g/mol. The number of hydrogen-bond donors (Lipinski definition) is 3. The van der Waals surface area contributed by atoms with E-state index in [4.69, 9.17) is 0 Å². The van der Waals surface area contributed by atoms with Crippen LogP contribution in [0.5, 0.6) is 0 Å². The van der Waals surface area contributed by atoms with Crippen molar-refractivity contribution in [1.82, 2.24) is 29.5 Å². The fourth-order valence-corrected chi connectivity index (χ4v) is 3.37. The zero-order valence-electron chi connectivity index (χ0n) is 17.4. The van der Waals surface area contributed by atoms with Gasteiger partial charge in [0.2, 0.25) is 5.95 Å². The predicted molar refractivity (Wildman–Crippen MR) is 124 cm³/mol. The molecular weight excluding hydrogens is 388 g/mol. The van der Waals surface area contributed by atoms with Gasteiger partial charge in [-0.25, -0.2) is 9.50 Å². The number of aromatic nitrogens is 6. The molecule has 0 fully saturated rings. The lowest BCUT2D eigenvalue weighted by molar-refractivity contribution is 0.877. The third-order valence-electron chi connectivity index (χ3n) is 4.66. The van der Waals surface area contributed by atoms with Crippen LogP contribution in [0.25, 0.3) is 38.8 Å². The van der Waals surface area contributed by atoms with E-state index in [1.165, 1.54) is 6.20 Å². The van der Waals surface area contributed by atoms with Gasteiger partial charge in [-0.05, 0) is 43.8 Å². The fraction of sp³-hybridized carbons (Fsp3) is 0.130. The molecule has 0 saturated carbocycles. The first-order chi connectivity index (χ1) is 15.1. The van der Waals surface area contributed by atoms with Crippen LogP contribution in [0.3, 0.4) is 0 Å². The normalized spacial score (nSPS) is 10.8. The Morgan fingerprint density at radius 2 is 2.00 bits per heavy atom. The standard InChI is InChI=1S/C21H19N7.C2H5N/c1-13(2)26-21-24-11-18-16(10-23-20(18)27-21)14-5-7-28-19(8-14)17(12-25-28)15-4-3-6-22-9-15;1-2-3/h3-13H,1-2H3,(H2,23,24,26,27);2H,1,3H2. The van der Waals surface area contributed by atoms with E-state index >= 15 is 0 Å². The summed E-state index contributed by atoms with van der Waals surface area (Å²) < 4.78 is 1.88. The summed E-state index contributed by atoms with van der Waals surface area (Å²) in [4.78, 5) is 16.5. The van der Waals surface area contributed by atoms with E-state index in [9.17, 15) is 0 Å². The van der Waals surface area contributed by atoms with E-state index in [0.29, 0.717) is 5.95 Å². The summed E-state index contributed by atoms with van der Waals surface area (Å²) in [6.07, 6.45) is 12.6. The van der Waals surface area contributed by atoms with Gasteiger partial charge >= 0.3 is 0 Å². The van der Waals surface area contributed by atoms with Crippen molar-refractivity contribution in [3.63, 3.8) is 0 Å². The summed E-state index contributed by atoms with van der Waals surface area (Å²) in [7, 11) is 0. The molecule has 5 aromatic rings. The Kier molecular flexibility index (Phi) is 5.61. The molecule has 5 aromatic heterocycles. The van der Waals surface area contributed by atoms with Crippen LogP contribution in [-0.4, -0.2) is 35.6 Å². The maximum atomic E-state index is 4.61. The summed E-state index contributed by atoms with van der Waals surface area (Å²) >= 11 is 0. The van der Waals surface area contributed by atoms with Crippen LogP contribution >= 0.6 is 0 Å². The van der Waals surface area contributed by atoms with Crippen molar-refractivity contribution in [2.75, 3.05) is 5.32 Å². The van der Waals surface area contributed by atoms with Crippen LogP contribution in [0.15, 0.2) is 74.2 Å². The average Bonchev–Trinajstić information content (AvgIpc) is 3.38. The summed E-state index contributed by atoms with van der Waals surface area (Å²) in [5, 5.41) is 8.69. The van der Waals surface area contributed by atoms with E-state index in [1.807, 2.05) is 47.6 Å². The second kappa shape index (κ2) is 8.66. The van der Waals surface area contributed by atoms with Crippen molar-refractivity contribution in [2.24, 2.45) is 5.73 Å². The highest BCUT2D eigenvalue weighted by molar-refractivity contribution is 5.95. The van der Waals surface area contributed by atoms with E-state index in [-0.39, 0.29) is 6.04 Å². The first-order valence-electron chi connectivity index (χ1n) is 9.92. The molecule has 0 unspecified atom stereocenters. The van der Waals surface area contributed by atoms with Gasteiger partial charge in [-0.1, -0.05) is 12.6 Å². The van der Waals surface area contributed by atoms with Crippen LogP contribution in [0.2, 0.25) is 0 Å². The average molecular weight is 413 g/mol. The molecule has 8 heteroatoms. The second-order valence-electron chi connectivity index (χ2n) is 7.24. The smallest absolute Gasteiger partial charge is 0.224 e. The molecular formula is C23H24N8. The molecule has 156 valence electrons. The van der Waals surface area contributed by atoms with E-state index in [2.05, 4.69) is 68.6 Å². The summed E-state index contributed by atoms with van der Waals surface area (Å²) in [5.74, 6) is 0.626. The SMILES string of the molecule is C=CN.CC(C)Nc1ncc2c(-c3ccn4ncc(-c5cccnc5)c4c3)c[nH]c2n1. The maximum Gasteiger partial charge on any atom is 0.224 e. The minimum Gasteiger partial charge on any atom is -0.405 e. The molecule has 5 heterocycles. The minimum atomic E-state index is 0.280. The zero-order valence-corrected chi connectivity index (χ0v) is 17.4. The summed E-state index contributed by atoms with van der Waals surface area (Å²) in [6.45, 7) is 7.27. The van der Waals surface area contributed by atoms with E-state index in [1.54, 1.807) is 6.20 Å². The molecule has 0 aliphatic carbocycles. The van der Waals surface area contributed by atoms with Gasteiger partial charge in [0.05, 0.1) is 11.7 Å². The zero-order chi connectivity index (χ0) is 21.8. The van der Waals surface area contributed by atoms with Crippen LogP contribution in [-0.2, 0) is 0 Å². The lowest BCUT2D eigenvalue weighted by Crippen LogP contribution is -2.12. The third kappa shape index (κ3) is 4.09. The number of nitrogens with one attached hydrogen (secondary N) is 2. The van der Waals surface area contributed by atoms with Crippen molar-refractivity contribution in [2.45, 2.75) is 19.9 Å². The lowest BCUT2D eigenvalue weighted by atomic mass is 10.0. The number of pyridine rings is 2. The van der Waals surface area contributed by atoms with Crippen LogP contribution in [0, 0.1) is 0 Å². The highest BCUT2D eigenvalue weighted by Gasteiger charge is 2.12. The Balaban J connectivity index is 0.000000730. The highest BCUT2D eigenvalue weighted by Crippen LogP contribution is 2.31. The number of anilines is 1. The molecule has 0 aromatic carbocycles. The number of nitrogens with two attached hydrogens (primary N) is 1. The first-order valence-corrected chi connectivity index (χ1v) is 9.92. The Labute approximate surface area is 179 Å². The van der Waals surface area contributed by atoms with Crippen LogP contribution in [0.4, 0.5) is 5.95 Å². The number of fused-ring (bicyclic) bond motifs is 2. The summed E-state index contributed by atoms with van der Waals surface area (Å²) in [5.41, 5.74) is 10.7. The molecule has 5 rings (SSSR count). The third-order valence-corrected chi connectivity index (χ3v) is 4.66. The van der Waals surface area contributed by atoms with Crippen molar-refractivity contribution >= 4 is 22.5 Å². The predicted octanol–water partition coefficient (Wildman–Crippen LogP) is 4.24. The fourth-order valence-electron chi connectivity index (χ4n) is 3.37. The Morgan fingerprint density at radius 1 is 1.16 bits per heavy atom. The molecule has 0 bridgehead atoms. The summed E-state index contributed by atoms with van der Waals surface area (Å²) in [6, 6.07) is 8.44. The molecule has 0 atom stereocenters. The molecule has 8 nitrogen and oxygen atoms in total. The first kappa shape index (κ1) is 20.1. The lowest BCUT2D eigenvalue weighted by Gasteiger charge is -2.07. The van der Waals surface area contributed by atoms with Crippen molar-refractivity contribution in [3.05, 3.63) is 74.2 Å². The Hall–Kier alpha value is -4.20. The highest BCUT2D eigenvalue weighted by atomic mass is 15.2. The van der Waals surface area contributed by atoms with E-state index < -0.39 is 0 Å². The number of hydrogen-bond acceptors (Lipinski definition) is 6. The van der Waals surface area contributed by atoms with Crippen LogP contribution in [0.1, 0.15) is 13.8 Å². The number of H-pyrrole nitrogens is 1. The number of aromatic amines is 1. The molecule has 0 spiro atoms. The number of nitrogens with zero attached hydrogens (tertiary/aromatic N) is 5. The quantitative estimate of drug-likeness (QED) is 0.407.